The van der Waals surface area contributed by atoms with Gasteiger partial charge in [-0.2, -0.15) is 0 Å². The van der Waals surface area contributed by atoms with Crippen LogP contribution in [0.15, 0.2) is 138 Å². The number of anilines is 3. The summed E-state index contributed by atoms with van der Waals surface area (Å²) in [5.41, 5.74) is 17.4. The topological polar surface area (TPSA) is 16.4 Å². The van der Waals surface area contributed by atoms with Gasteiger partial charge in [-0.3, -0.25) is 0 Å². The van der Waals surface area contributed by atoms with Crippen LogP contribution in [0.2, 0.25) is 0 Å². The van der Waals surface area contributed by atoms with Gasteiger partial charge < -0.3 is 9.32 Å². The molecule has 45 heavy (non-hydrogen) atoms. The lowest BCUT2D eigenvalue weighted by Gasteiger charge is -2.40. The number of nitrogens with zero attached hydrogens (tertiary/aromatic N) is 1. The van der Waals surface area contributed by atoms with Crippen LogP contribution in [0, 0.1) is 13.8 Å². The smallest absolute Gasteiger partial charge is 0.248 e. The van der Waals surface area contributed by atoms with Gasteiger partial charge in [0.25, 0.3) is 0 Å². The minimum Gasteiger partial charge on any atom is -0.456 e. The Morgan fingerprint density at radius 3 is 2.20 bits per heavy atom. The van der Waals surface area contributed by atoms with Crippen LogP contribution in [0.5, 0.6) is 0 Å². The summed E-state index contributed by atoms with van der Waals surface area (Å²) in [4.78, 5) is 2.47. The third-order valence-electron chi connectivity index (χ3n) is 10.0. The Hall–Kier alpha value is -5.54. The lowest BCUT2D eigenvalue weighted by molar-refractivity contribution is 0.669. The van der Waals surface area contributed by atoms with Crippen LogP contribution in [-0.4, -0.2) is 6.71 Å². The molecule has 2 nitrogen and oxygen atoms in total. The van der Waals surface area contributed by atoms with Crippen molar-refractivity contribution in [3.05, 3.63) is 145 Å². The Morgan fingerprint density at radius 1 is 0.511 bits per heavy atom. The van der Waals surface area contributed by atoms with E-state index in [0.29, 0.717) is 0 Å². The zero-order valence-electron chi connectivity index (χ0n) is 25.1. The Balaban J connectivity index is 1.26. The zero-order chi connectivity index (χ0) is 29.8. The summed E-state index contributed by atoms with van der Waals surface area (Å²) in [6.07, 6.45) is 0. The molecule has 0 aliphatic carbocycles. The SMILES string of the molecule is Cc1ccc(N2c3ccc(C)cc3B3c4c(cccc42)-c2ccc(-c4ccc5oc6ccccc6c5c4)c4cccc3c24)cc1. The van der Waals surface area contributed by atoms with Crippen molar-refractivity contribution in [2.75, 3.05) is 4.90 Å². The standard InChI is InChI=1S/C42H28BNO/c1-25-13-17-28(18-14-25)44-37-21-15-26(2)23-36(37)43-35-10-5-8-31-29(19-20-32(41(31)35)33-9-6-11-38(44)42(33)43)27-16-22-40-34(24-27)30-7-3-4-12-39(30)45-40/h3-24H,1-2H3. The molecular formula is C42H28BNO. The number of para-hydroxylation sites is 1. The van der Waals surface area contributed by atoms with E-state index in [1.165, 1.54) is 77.6 Å². The predicted octanol–water partition coefficient (Wildman–Crippen LogP) is 9.30. The molecular weight excluding hydrogens is 545 g/mol. The van der Waals surface area contributed by atoms with Crippen molar-refractivity contribution in [3.8, 4) is 22.3 Å². The predicted molar refractivity (Wildman–Crippen MR) is 191 cm³/mol. The molecule has 210 valence electrons. The van der Waals surface area contributed by atoms with E-state index in [-0.39, 0.29) is 6.71 Å². The molecule has 0 N–H and O–H groups in total. The first kappa shape index (κ1) is 24.9. The van der Waals surface area contributed by atoms with Crippen molar-refractivity contribution in [2.45, 2.75) is 13.8 Å². The fourth-order valence-corrected chi connectivity index (χ4v) is 8.02. The Morgan fingerprint density at radius 2 is 1.29 bits per heavy atom. The fraction of sp³-hybridized carbons (Fsp3) is 0.0476. The third kappa shape index (κ3) is 3.41. The molecule has 1 aromatic heterocycles. The van der Waals surface area contributed by atoms with E-state index in [4.69, 9.17) is 4.42 Å². The van der Waals surface area contributed by atoms with Gasteiger partial charge in [-0.1, -0.05) is 108 Å². The summed E-state index contributed by atoms with van der Waals surface area (Å²) in [7, 11) is 0. The second kappa shape index (κ2) is 9.00. The van der Waals surface area contributed by atoms with Gasteiger partial charge in [0, 0.05) is 27.8 Å². The number of furan rings is 1. The zero-order valence-corrected chi connectivity index (χ0v) is 25.1. The van der Waals surface area contributed by atoms with Gasteiger partial charge in [0.2, 0.25) is 6.71 Å². The van der Waals surface area contributed by atoms with Gasteiger partial charge in [0.1, 0.15) is 11.2 Å². The number of fused-ring (bicyclic) bond motifs is 7. The van der Waals surface area contributed by atoms with Crippen LogP contribution in [0.25, 0.3) is 55.0 Å². The summed E-state index contributed by atoms with van der Waals surface area (Å²) in [6.45, 7) is 4.52. The molecule has 10 rings (SSSR count). The molecule has 8 aromatic rings. The maximum Gasteiger partial charge on any atom is 0.248 e. The molecule has 7 aromatic carbocycles. The molecule has 3 heterocycles. The van der Waals surface area contributed by atoms with Crippen LogP contribution in [0.3, 0.4) is 0 Å². The number of rotatable bonds is 2. The fourth-order valence-electron chi connectivity index (χ4n) is 8.02. The summed E-state index contributed by atoms with van der Waals surface area (Å²) in [5, 5.41) is 4.97. The summed E-state index contributed by atoms with van der Waals surface area (Å²) in [5.74, 6) is 0. The highest BCUT2D eigenvalue weighted by molar-refractivity contribution is 7.01. The molecule has 0 fully saturated rings. The quantitative estimate of drug-likeness (QED) is 0.192. The van der Waals surface area contributed by atoms with Crippen molar-refractivity contribution >= 4 is 72.9 Å². The monoisotopic (exact) mass is 573 g/mol. The van der Waals surface area contributed by atoms with E-state index in [9.17, 15) is 0 Å². The van der Waals surface area contributed by atoms with Crippen LogP contribution < -0.4 is 21.3 Å². The van der Waals surface area contributed by atoms with E-state index < -0.39 is 0 Å². The van der Waals surface area contributed by atoms with E-state index in [1.807, 2.05) is 12.1 Å². The highest BCUT2D eigenvalue weighted by Crippen LogP contribution is 2.43. The van der Waals surface area contributed by atoms with Gasteiger partial charge in [0.05, 0.1) is 0 Å². The Labute approximate surface area is 262 Å². The first-order valence-electron chi connectivity index (χ1n) is 15.7. The van der Waals surface area contributed by atoms with E-state index in [2.05, 4.69) is 140 Å². The van der Waals surface area contributed by atoms with Gasteiger partial charge in [-0.05, 0) is 100 Å². The maximum absolute atomic E-state index is 6.17. The summed E-state index contributed by atoms with van der Waals surface area (Å²) in [6, 6.07) is 49.3. The molecule has 0 bridgehead atoms. The van der Waals surface area contributed by atoms with Crippen molar-refractivity contribution in [1.29, 1.82) is 0 Å². The van der Waals surface area contributed by atoms with Crippen LogP contribution in [0.1, 0.15) is 11.1 Å². The van der Waals surface area contributed by atoms with Crippen LogP contribution in [-0.2, 0) is 0 Å². The Kier molecular flexibility index (Phi) is 4.97. The molecule has 0 unspecified atom stereocenters. The largest absolute Gasteiger partial charge is 0.456 e. The van der Waals surface area contributed by atoms with E-state index in [0.717, 1.165) is 21.9 Å². The summed E-state index contributed by atoms with van der Waals surface area (Å²) < 4.78 is 6.17. The number of hydrogen-bond acceptors (Lipinski definition) is 2. The lowest BCUT2D eigenvalue weighted by atomic mass is 9.32. The highest BCUT2D eigenvalue weighted by Gasteiger charge is 2.40. The molecule has 0 spiro atoms. The molecule has 0 radical (unpaired) electrons. The van der Waals surface area contributed by atoms with Gasteiger partial charge in [-0.25, -0.2) is 0 Å². The van der Waals surface area contributed by atoms with E-state index >= 15 is 0 Å². The van der Waals surface area contributed by atoms with Gasteiger partial charge >= 0.3 is 0 Å². The maximum atomic E-state index is 6.17. The minimum absolute atomic E-state index is 0.152. The molecule has 2 aliphatic heterocycles. The Bertz CT molecular complexity index is 2520. The van der Waals surface area contributed by atoms with E-state index in [1.54, 1.807) is 0 Å². The number of aryl methyl sites for hydroxylation is 2. The lowest BCUT2D eigenvalue weighted by Crippen LogP contribution is -2.59. The minimum atomic E-state index is 0.152. The molecule has 0 atom stereocenters. The summed E-state index contributed by atoms with van der Waals surface area (Å²) >= 11 is 0. The highest BCUT2D eigenvalue weighted by atomic mass is 16.3. The normalized spacial score (nSPS) is 13.0. The van der Waals surface area contributed by atoms with Crippen molar-refractivity contribution < 1.29 is 4.42 Å². The first-order valence-corrected chi connectivity index (χ1v) is 15.7. The molecule has 2 aliphatic rings. The second-order valence-electron chi connectivity index (χ2n) is 12.6. The van der Waals surface area contributed by atoms with Crippen LogP contribution >= 0.6 is 0 Å². The number of hydrogen-bond donors (Lipinski definition) is 0. The van der Waals surface area contributed by atoms with Gasteiger partial charge in [-0.15, -0.1) is 0 Å². The van der Waals surface area contributed by atoms with Crippen LogP contribution in [0.4, 0.5) is 17.1 Å². The molecule has 0 amide bonds. The molecule has 0 saturated heterocycles. The van der Waals surface area contributed by atoms with Crippen molar-refractivity contribution in [2.24, 2.45) is 0 Å². The van der Waals surface area contributed by atoms with Crippen molar-refractivity contribution in [1.82, 2.24) is 0 Å². The number of benzene rings is 7. The first-order chi connectivity index (χ1) is 22.1. The second-order valence-corrected chi connectivity index (χ2v) is 12.6. The molecule has 0 saturated carbocycles. The van der Waals surface area contributed by atoms with Crippen molar-refractivity contribution in [3.63, 3.8) is 0 Å². The van der Waals surface area contributed by atoms with Gasteiger partial charge in [0.15, 0.2) is 0 Å². The average molecular weight is 574 g/mol. The average Bonchev–Trinajstić information content (AvgIpc) is 3.45. The third-order valence-corrected chi connectivity index (χ3v) is 10.0. The molecule has 3 heteroatoms.